The van der Waals surface area contributed by atoms with Gasteiger partial charge in [0.05, 0.1) is 11.7 Å². The van der Waals surface area contributed by atoms with Gasteiger partial charge in [-0.25, -0.2) is 18.7 Å². The van der Waals surface area contributed by atoms with Crippen molar-refractivity contribution in [2.45, 2.75) is 18.0 Å². The number of fused-ring (bicyclic) bond motifs is 2. The van der Waals surface area contributed by atoms with Gasteiger partial charge in [0.15, 0.2) is 28.6 Å². The van der Waals surface area contributed by atoms with E-state index in [1.165, 1.54) is 17.0 Å². The van der Waals surface area contributed by atoms with Crippen LogP contribution in [0.2, 0.25) is 0 Å². The first-order valence-corrected chi connectivity index (χ1v) is 9.91. The van der Waals surface area contributed by atoms with Crippen molar-refractivity contribution >= 4 is 16.9 Å². The summed E-state index contributed by atoms with van der Waals surface area (Å²) in [6.45, 7) is 0.869. The summed E-state index contributed by atoms with van der Waals surface area (Å²) in [6, 6.07) is 4.16. The summed E-state index contributed by atoms with van der Waals surface area (Å²) in [4.78, 5) is 27.7. The van der Waals surface area contributed by atoms with Crippen LogP contribution >= 0.6 is 0 Å². The number of nitrogens with zero attached hydrogens (tertiary/aromatic N) is 7. The molecule has 2 aliphatic carbocycles. The molecule has 4 atom stereocenters. The van der Waals surface area contributed by atoms with Crippen molar-refractivity contribution in [2.24, 2.45) is 18.9 Å². The standard InChI is InChI=1S/C20H15F2N7O2/c1-27-7-23-17-15(27)18(30)28(8-24-17)6-13-25-19(26-31-13)20-10-5-29(16(20)14(10)20)9-2-3-11(21)12(22)4-9/h2-4,7-8,10,14,16H,5-6H2,1H3/t10-,14-,16?,20-/m1/s1. The topological polar surface area (TPSA) is 94.9 Å². The lowest BCUT2D eigenvalue weighted by atomic mass is 10.1. The molecule has 2 saturated carbocycles. The van der Waals surface area contributed by atoms with Gasteiger partial charge in [-0.05, 0) is 18.1 Å². The summed E-state index contributed by atoms with van der Waals surface area (Å²) >= 11 is 0. The van der Waals surface area contributed by atoms with Crippen molar-refractivity contribution in [1.82, 2.24) is 29.2 Å². The quantitative estimate of drug-likeness (QED) is 0.487. The molecule has 8 rings (SSSR count). The average Bonchev–Trinajstić information content (AvgIpc) is 3.22. The number of anilines is 1. The molecule has 9 nitrogen and oxygen atoms in total. The number of hydrogen-bond acceptors (Lipinski definition) is 7. The maximum absolute atomic E-state index is 13.7. The summed E-state index contributed by atoms with van der Waals surface area (Å²) in [5.41, 5.74) is 1.05. The predicted octanol–water partition coefficient (Wildman–Crippen LogP) is 1.23. The smallest absolute Gasteiger partial charge is 0.280 e. The Bertz CT molecular complexity index is 1450. The van der Waals surface area contributed by atoms with Crippen molar-refractivity contribution in [2.75, 3.05) is 11.4 Å². The van der Waals surface area contributed by atoms with E-state index >= 15 is 0 Å². The minimum absolute atomic E-state index is 0.114. The van der Waals surface area contributed by atoms with E-state index in [1.54, 1.807) is 24.0 Å². The van der Waals surface area contributed by atoms with Crippen LogP contribution in [-0.4, -0.2) is 41.8 Å². The Balaban J connectivity index is 1.16. The van der Waals surface area contributed by atoms with E-state index in [0.29, 0.717) is 40.4 Å². The fourth-order valence-electron chi connectivity index (χ4n) is 5.49. The first-order valence-electron chi connectivity index (χ1n) is 9.91. The number of aromatic nitrogens is 6. The lowest BCUT2D eigenvalue weighted by Gasteiger charge is -2.18. The van der Waals surface area contributed by atoms with E-state index in [4.69, 9.17) is 4.52 Å². The third-order valence-electron chi connectivity index (χ3n) is 7.04. The van der Waals surface area contributed by atoms with E-state index in [9.17, 15) is 13.6 Å². The summed E-state index contributed by atoms with van der Waals surface area (Å²) < 4.78 is 35.4. The van der Waals surface area contributed by atoms with E-state index in [-0.39, 0.29) is 23.6 Å². The number of hydrogen-bond donors (Lipinski definition) is 0. The lowest BCUT2D eigenvalue weighted by molar-refractivity contribution is 0.362. The molecule has 4 aliphatic rings. The molecule has 31 heavy (non-hydrogen) atoms. The minimum atomic E-state index is -0.853. The zero-order valence-corrected chi connectivity index (χ0v) is 16.2. The normalized spacial score (nSPS) is 27.7. The number of rotatable bonds is 4. The summed E-state index contributed by atoms with van der Waals surface area (Å²) in [5, 5.41) is 4.19. The Morgan fingerprint density at radius 3 is 2.87 bits per heavy atom. The molecule has 11 heteroatoms. The molecular weight excluding hydrogens is 408 g/mol. The summed E-state index contributed by atoms with van der Waals surface area (Å²) in [6.07, 6.45) is 2.97. The molecule has 5 heterocycles. The van der Waals surface area contributed by atoms with Crippen LogP contribution in [0.4, 0.5) is 14.5 Å². The van der Waals surface area contributed by atoms with Crippen LogP contribution in [0.3, 0.4) is 0 Å². The summed E-state index contributed by atoms with van der Waals surface area (Å²) in [7, 11) is 1.74. The van der Waals surface area contributed by atoms with Gasteiger partial charge in [0.25, 0.3) is 5.56 Å². The van der Waals surface area contributed by atoms with Crippen LogP contribution in [0.15, 0.2) is 40.2 Å². The van der Waals surface area contributed by atoms with Gasteiger partial charge >= 0.3 is 0 Å². The molecule has 2 saturated heterocycles. The zero-order chi connectivity index (χ0) is 21.1. The summed E-state index contributed by atoms with van der Waals surface area (Å²) in [5.74, 6) is 0.0277. The van der Waals surface area contributed by atoms with E-state index < -0.39 is 11.6 Å². The van der Waals surface area contributed by atoms with Crippen molar-refractivity contribution in [3.05, 3.63) is 64.6 Å². The third kappa shape index (κ3) is 2.01. The van der Waals surface area contributed by atoms with Crippen molar-refractivity contribution in [3.8, 4) is 0 Å². The zero-order valence-electron chi connectivity index (χ0n) is 16.2. The monoisotopic (exact) mass is 423 g/mol. The van der Waals surface area contributed by atoms with E-state index in [0.717, 1.165) is 12.6 Å². The molecule has 0 N–H and O–H groups in total. The Labute approximate surface area is 172 Å². The number of benzene rings is 1. The van der Waals surface area contributed by atoms with Gasteiger partial charge < -0.3 is 14.0 Å². The van der Waals surface area contributed by atoms with Crippen LogP contribution in [0.5, 0.6) is 0 Å². The van der Waals surface area contributed by atoms with Crippen LogP contribution in [-0.2, 0) is 19.0 Å². The average molecular weight is 423 g/mol. The first-order chi connectivity index (χ1) is 15.0. The molecule has 0 amide bonds. The van der Waals surface area contributed by atoms with Gasteiger partial charge in [0, 0.05) is 37.3 Å². The Morgan fingerprint density at radius 2 is 2.06 bits per heavy atom. The van der Waals surface area contributed by atoms with E-state index in [1.807, 2.05) is 0 Å². The fourth-order valence-corrected chi connectivity index (χ4v) is 5.49. The molecule has 2 aliphatic heterocycles. The molecule has 1 aromatic carbocycles. The van der Waals surface area contributed by atoms with Gasteiger partial charge in [0.2, 0.25) is 5.89 Å². The number of piperidine rings is 1. The second-order valence-electron chi connectivity index (χ2n) is 8.48. The van der Waals surface area contributed by atoms with Crippen molar-refractivity contribution < 1.29 is 13.3 Å². The van der Waals surface area contributed by atoms with Crippen LogP contribution < -0.4 is 10.5 Å². The number of aryl methyl sites for hydroxylation is 1. The van der Waals surface area contributed by atoms with Gasteiger partial charge in [-0.15, -0.1) is 0 Å². The molecule has 2 bridgehead atoms. The molecular formula is C20H15F2N7O2. The van der Waals surface area contributed by atoms with Gasteiger partial charge in [-0.2, -0.15) is 4.98 Å². The van der Waals surface area contributed by atoms with Gasteiger partial charge in [-0.1, -0.05) is 5.16 Å². The molecule has 4 fully saturated rings. The highest BCUT2D eigenvalue weighted by Crippen LogP contribution is 2.85. The first kappa shape index (κ1) is 17.1. The Kier molecular flexibility index (Phi) is 2.94. The lowest BCUT2D eigenvalue weighted by Crippen LogP contribution is -2.23. The maximum atomic E-state index is 13.7. The molecule has 0 spiro atoms. The van der Waals surface area contributed by atoms with Crippen molar-refractivity contribution in [1.29, 1.82) is 0 Å². The highest BCUT2D eigenvalue weighted by Gasteiger charge is 2.95. The van der Waals surface area contributed by atoms with Gasteiger partial charge in [0.1, 0.15) is 12.9 Å². The third-order valence-corrected chi connectivity index (χ3v) is 7.04. The molecule has 156 valence electrons. The van der Waals surface area contributed by atoms with E-state index in [2.05, 4.69) is 25.0 Å². The fraction of sp³-hybridized carbons (Fsp3) is 0.350. The highest BCUT2D eigenvalue weighted by atomic mass is 19.2. The highest BCUT2D eigenvalue weighted by molar-refractivity contribution is 5.69. The largest absolute Gasteiger partial charge is 0.367 e. The molecule has 4 aromatic rings. The number of halogens is 2. The van der Waals surface area contributed by atoms with Crippen molar-refractivity contribution in [3.63, 3.8) is 0 Å². The minimum Gasteiger partial charge on any atom is -0.367 e. The number of imidazole rings is 1. The Hall–Kier alpha value is -3.63. The van der Waals surface area contributed by atoms with Crippen LogP contribution in [0.1, 0.15) is 11.7 Å². The maximum Gasteiger partial charge on any atom is 0.280 e. The SMILES string of the molecule is Cn1cnc2ncn(Cc3nc([C@@]45C6[C@H]4[C@H]5CN6c4ccc(F)c(F)c4)no3)c(=O)c21. The van der Waals surface area contributed by atoms with Crippen LogP contribution in [0.25, 0.3) is 11.2 Å². The van der Waals surface area contributed by atoms with Crippen LogP contribution in [0, 0.1) is 23.5 Å². The second kappa shape index (κ2) is 5.34. The van der Waals surface area contributed by atoms with Gasteiger partial charge in [-0.3, -0.25) is 9.36 Å². The Morgan fingerprint density at radius 1 is 1.23 bits per heavy atom. The molecule has 3 aromatic heterocycles. The second-order valence-corrected chi connectivity index (χ2v) is 8.48. The molecule has 1 unspecified atom stereocenters. The molecule has 0 radical (unpaired) electrons. The predicted molar refractivity (Wildman–Crippen MR) is 102 cm³/mol.